The van der Waals surface area contributed by atoms with Gasteiger partial charge in [-0.3, -0.25) is 9.59 Å². The van der Waals surface area contributed by atoms with Crippen LogP contribution in [0.25, 0.3) is 0 Å². The number of nitrogens with one attached hydrogen (secondary N) is 2. The van der Waals surface area contributed by atoms with Crippen LogP contribution in [0.1, 0.15) is 42.7 Å². The number of anilines is 1. The van der Waals surface area contributed by atoms with Gasteiger partial charge in [-0.1, -0.05) is 12.1 Å². The molecule has 0 saturated carbocycles. The van der Waals surface area contributed by atoms with Crippen molar-refractivity contribution >= 4 is 17.5 Å². The Kier molecular flexibility index (Phi) is 7.63. The van der Waals surface area contributed by atoms with Crippen LogP contribution >= 0.6 is 0 Å². The van der Waals surface area contributed by atoms with Crippen molar-refractivity contribution in [3.8, 4) is 0 Å². The maximum Gasteiger partial charge on any atom is 0.253 e. The quantitative estimate of drug-likeness (QED) is 0.723. The van der Waals surface area contributed by atoms with Crippen LogP contribution in [0, 0.1) is 11.6 Å². The van der Waals surface area contributed by atoms with Crippen LogP contribution in [-0.2, 0) is 4.79 Å². The first-order valence-electron chi connectivity index (χ1n) is 9.23. The Morgan fingerprint density at radius 2 is 1.75 bits per heavy atom. The summed E-state index contributed by atoms with van der Waals surface area (Å²) in [6.07, 6.45) is 0. The lowest BCUT2D eigenvalue weighted by atomic mass is 10.1. The first-order valence-corrected chi connectivity index (χ1v) is 9.23. The molecule has 28 heavy (non-hydrogen) atoms. The summed E-state index contributed by atoms with van der Waals surface area (Å²) in [7, 11) is 0. The Hall–Kier alpha value is -2.80. The second kappa shape index (κ2) is 9.94. The van der Waals surface area contributed by atoms with E-state index < -0.39 is 11.6 Å². The fourth-order valence-electron chi connectivity index (χ4n) is 2.77. The highest BCUT2D eigenvalue weighted by Crippen LogP contribution is 2.16. The summed E-state index contributed by atoms with van der Waals surface area (Å²) in [5, 5.41) is 5.70. The van der Waals surface area contributed by atoms with E-state index in [0.29, 0.717) is 29.9 Å². The Balaban J connectivity index is 1.95. The number of carbonyl (C=O) groups is 2. The Bertz CT molecular complexity index is 838. The van der Waals surface area contributed by atoms with Crippen molar-refractivity contribution in [2.75, 3.05) is 25.0 Å². The molecule has 2 rings (SSSR count). The van der Waals surface area contributed by atoms with Crippen molar-refractivity contribution in [1.82, 2.24) is 10.2 Å². The molecule has 0 bridgehead atoms. The normalized spacial score (nSPS) is 11.8. The molecule has 0 spiro atoms. The molecule has 2 aromatic rings. The molecule has 1 atom stereocenters. The summed E-state index contributed by atoms with van der Waals surface area (Å²) >= 11 is 0. The van der Waals surface area contributed by atoms with Gasteiger partial charge in [0.15, 0.2) is 11.6 Å². The molecule has 0 saturated heterocycles. The summed E-state index contributed by atoms with van der Waals surface area (Å²) < 4.78 is 26.3. The van der Waals surface area contributed by atoms with E-state index in [1.165, 1.54) is 6.07 Å². The van der Waals surface area contributed by atoms with E-state index in [0.717, 1.165) is 12.1 Å². The molecule has 0 aromatic heterocycles. The monoisotopic (exact) mass is 389 g/mol. The number of carbonyl (C=O) groups excluding carboxylic acids is 2. The molecule has 0 unspecified atom stereocenters. The van der Waals surface area contributed by atoms with E-state index in [9.17, 15) is 18.4 Å². The van der Waals surface area contributed by atoms with Gasteiger partial charge in [0, 0.05) is 30.4 Å². The zero-order valence-corrected chi connectivity index (χ0v) is 16.3. The first-order chi connectivity index (χ1) is 13.3. The van der Waals surface area contributed by atoms with Gasteiger partial charge in [-0.25, -0.2) is 8.78 Å². The number of nitrogens with zero attached hydrogens (tertiary/aromatic N) is 1. The molecule has 0 aliphatic carbocycles. The topological polar surface area (TPSA) is 61.4 Å². The van der Waals surface area contributed by atoms with Crippen LogP contribution in [-0.4, -0.2) is 36.3 Å². The molecule has 2 aromatic carbocycles. The van der Waals surface area contributed by atoms with Crippen LogP contribution < -0.4 is 10.6 Å². The summed E-state index contributed by atoms with van der Waals surface area (Å²) in [6.45, 7) is 6.77. The third-order valence-corrected chi connectivity index (χ3v) is 4.46. The second-order valence-electron chi connectivity index (χ2n) is 6.38. The average Bonchev–Trinajstić information content (AvgIpc) is 2.69. The van der Waals surface area contributed by atoms with Gasteiger partial charge >= 0.3 is 0 Å². The standard InChI is InChI=1S/C21H25F2N3O2/c1-4-26(5-2)21(28)16-7-6-8-17(11-16)25-20(27)13-24-14(3)15-9-10-18(22)19(23)12-15/h6-12,14,24H,4-5,13H2,1-3H3,(H,25,27)/t14-/m1/s1. The Morgan fingerprint density at radius 1 is 1.04 bits per heavy atom. The molecule has 0 radical (unpaired) electrons. The minimum absolute atomic E-state index is 0.0195. The van der Waals surface area contributed by atoms with Crippen LogP contribution in [0.3, 0.4) is 0 Å². The molecule has 0 fully saturated rings. The van der Waals surface area contributed by atoms with Crippen molar-refractivity contribution in [2.45, 2.75) is 26.8 Å². The largest absolute Gasteiger partial charge is 0.339 e. The van der Waals surface area contributed by atoms with Gasteiger partial charge in [0.2, 0.25) is 5.91 Å². The lowest BCUT2D eigenvalue weighted by Gasteiger charge is -2.19. The van der Waals surface area contributed by atoms with Crippen LogP contribution in [0.2, 0.25) is 0 Å². The smallest absolute Gasteiger partial charge is 0.253 e. The highest BCUT2D eigenvalue weighted by Gasteiger charge is 2.14. The van der Waals surface area contributed by atoms with Crippen molar-refractivity contribution in [3.63, 3.8) is 0 Å². The van der Waals surface area contributed by atoms with E-state index in [1.807, 2.05) is 13.8 Å². The fourth-order valence-corrected chi connectivity index (χ4v) is 2.77. The third-order valence-electron chi connectivity index (χ3n) is 4.46. The molecule has 2 N–H and O–H groups in total. The highest BCUT2D eigenvalue weighted by atomic mass is 19.2. The van der Waals surface area contributed by atoms with Crippen molar-refractivity contribution in [2.24, 2.45) is 0 Å². The average molecular weight is 389 g/mol. The third kappa shape index (κ3) is 5.60. The predicted octanol–water partition coefficient (Wildman–Crippen LogP) is 3.74. The molecule has 150 valence electrons. The molecular weight excluding hydrogens is 364 g/mol. The van der Waals surface area contributed by atoms with Gasteiger partial charge < -0.3 is 15.5 Å². The molecule has 0 aliphatic heterocycles. The lowest BCUT2D eigenvalue weighted by molar-refractivity contribution is -0.115. The van der Waals surface area contributed by atoms with Crippen molar-refractivity contribution < 1.29 is 18.4 Å². The number of benzene rings is 2. The summed E-state index contributed by atoms with van der Waals surface area (Å²) in [6, 6.07) is 10.1. The first kappa shape index (κ1) is 21.5. The predicted molar refractivity (Wildman–Crippen MR) is 105 cm³/mol. The van der Waals surface area contributed by atoms with Crippen LogP contribution in [0.4, 0.5) is 14.5 Å². The van der Waals surface area contributed by atoms with Gasteiger partial charge in [-0.05, 0) is 56.7 Å². The van der Waals surface area contributed by atoms with Gasteiger partial charge in [0.1, 0.15) is 0 Å². The lowest BCUT2D eigenvalue weighted by Crippen LogP contribution is -2.31. The maximum absolute atomic E-state index is 13.3. The molecule has 2 amide bonds. The van der Waals surface area contributed by atoms with Crippen molar-refractivity contribution in [1.29, 1.82) is 0 Å². The molecule has 0 heterocycles. The van der Waals surface area contributed by atoms with Gasteiger partial charge in [0.05, 0.1) is 6.54 Å². The summed E-state index contributed by atoms with van der Waals surface area (Å²) in [5.41, 5.74) is 1.56. The molecule has 5 nitrogen and oxygen atoms in total. The maximum atomic E-state index is 13.3. The second-order valence-corrected chi connectivity index (χ2v) is 6.38. The zero-order chi connectivity index (χ0) is 20.7. The number of rotatable bonds is 8. The van der Waals surface area contributed by atoms with Gasteiger partial charge in [0.25, 0.3) is 5.91 Å². The molecule has 0 aliphatic rings. The number of halogens is 2. The molecular formula is C21H25F2N3O2. The van der Waals surface area contributed by atoms with Crippen LogP contribution in [0.15, 0.2) is 42.5 Å². The summed E-state index contributed by atoms with van der Waals surface area (Å²) in [4.78, 5) is 26.3. The van der Waals surface area contributed by atoms with Gasteiger partial charge in [-0.15, -0.1) is 0 Å². The number of hydrogen-bond donors (Lipinski definition) is 2. The zero-order valence-electron chi connectivity index (χ0n) is 16.3. The minimum atomic E-state index is -0.926. The van der Waals surface area contributed by atoms with E-state index in [-0.39, 0.29) is 24.4 Å². The SMILES string of the molecule is CCN(CC)C(=O)c1cccc(NC(=O)CN[C@H](C)c2ccc(F)c(F)c2)c1. The fraction of sp³-hybridized carbons (Fsp3) is 0.333. The van der Waals surface area contributed by atoms with Gasteiger partial charge in [-0.2, -0.15) is 0 Å². The van der Waals surface area contributed by atoms with Crippen LogP contribution in [0.5, 0.6) is 0 Å². The van der Waals surface area contributed by atoms with E-state index in [1.54, 1.807) is 36.1 Å². The minimum Gasteiger partial charge on any atom is -0.339 e. The van der Waals surface area contributed by atoms with Crippen molar-refractivity contribution in [3.05, 3.63) is 65.2 Å². The number of amides is 2. The van der Waals surface area contributed by atoms with E-state index in [4.69, 9.17) is 0 Å². The highest BCUT2D eigenvalue weighted by molar-refractivity contribution is 5.97. The Labute approximate surface area is 163 Å². The van der Waals surface area contributed by atoms with E-state index >= 15 is 0 Å². The van der Waals surface area contributed by atoms with E-state index in [2.05, 4.69) is 10.6 Å². The summed E-state index contributed by atoms with van der Waals surface area (Å²) in [5.74, 6) is -2.23. The molecule has 7 heteroatoms. The Morgan fingerprint density at radius 3 is 2.39 bits per heavy atom. The number of hydrogen-bond acceptors (Lipinski definition) is 3.